The van der Waals surface area contributed by atoms with Crippen LogP contribution in [0.25, 0.3) is 16.7 Å². The Morgan fingerprint density at radius 3 is 2.15 bits per heavy atom. The molecule has 3 aromatic rings. The molecule has 1 N–H and O–H groups in total. The van der Waals surface area contributed by atoms with Crippen molar-refractivity contribution in [1.29, 1.82) is 0 Å². The lowest BCUT2D eigenvalue weighted by molar-refractivity contribution is 0.431. The van der Waals surface area contributed by atoms with Crippen LogP contribution in [0.3, 0.4) is 0 Å². The molecule has 0 saturated heterocycles. The number of aromatic hydroxyl groups is 1. The minimum absolute atomic E-state index is 0.0869. The van der Waals surface area contributed by atoms with Crippen LogP contribution in [0, 0.1) is 6.92 Å². The van der Waals surface area contributed by atoms with Crippen LogP contribution in [0.1, 0.15) is 58.2 Å². The second-order valence-corrected chi connectivity index (χ2v) is 9.38. The van der Waals surface area contributed by atoms with Crippen molar-refractivity contribution >= 4 is 22.6 Å². The molecule has 0 amide bonds. The summed E-state index contributed by atoms with van der Waals surface area (Å²) in [6, 6.07) is 7.43. The van der Waals surface area contributed by atoms with E-state index in [1.165, 1.54) is 5.56 Å². The number of hydrogen-bond donors (Lipinski definition) is 1. The first-order valence-corrected chi connectivity index (χ1v) is 9.18. The van der Waals surface area contributed by atoms with Crippen molar-refractivity contribution in [1.82, 2.24) is 15.0 Å². The Kier molecular flexibility index (Phi) is 4.31. The van der Waals surface area contributed by atoms with Gasteiger partial charge in [-0.15, -0.1) is 5.10 Å². The Bertz CT molecular complexity index is 991. The van der Waals surface area contributed by atoms with Crippen LogP contribution in [-0.4, -0.2) is 20.1 Å². The van der Waals surface area contributed by atoms with E-state index in [0.29, 0.717) is 10.7 Å². The number of aromatic nitrogens is 3. The van der Waals surface area contributed by atoms with Gasteiger partial charge in [-0.05, 0) is 53.1 Å². The fraction of sp³-hybridized carbons (Fsp3) is 0.429. The van der Waals surface area contributed by atoms with E-state index < -0.39 is 0 Å². The van der Waals surface area contributed by atoms with Crippen molar-refractivity contribution in [2.75, 3.05) is 0 Å². The highest BCUT2D eigenvalue weighted by Gasteiger charge is 2.32. The van der Waals surface area contributed by atoms with Gasteiger partial charge in [0.2, 0.25) is 0 Å². The number of hydrogen-bond acceptors (Lipinski definition) is 3. The van der Waals surface area contributed by atoms with Gasteiger partial charge in [0.1, 0.15) is 17.0 Å². The van der Waals surface area contributed by atoms with Crippen LogP contribution in [-0.2, 0) is 10.8 Å². The van der Waals surface area contributed by atoms with E-state index in [4.69, 9.17) is 11.6 Å². The molecule has 5 heteroatoms. The summed E-state index contributed by atoms with van der Waals surface area (Å²) < 4.78 is 1.67. The van der Waals surface area contributed by atoms with Crippen LogP contribution in [0.15, 0.2) is 24.3 Å². The molecule has 0 spiro atoms. The summed E-state index contributed by atoms with van der Waals surface area (Å²) in [5, 5.41) is 20.4. The Morgan fingerprint density at radius 2 is 1.58 bits per heavy atom. The molecule has 0 aliphatic rings. The van der Waals surface area contributed by atoms with Gasteiger partial charge >= 0.3 is 0 Å². The molecule has 0 saturated carbocycles. The highest BCUT2D eigenvalue weighted by atomic mass is 35.5. The van der Waals surface area contributed by atoms with Gasteiger partial charge in [-0.2, -0.15) is 0 Å². The molecule has 1 aromatic heterocycles. The van der Waals surface area contributed by atoms with Gasteiger partial charge in [-0.25, -0.2) is 4.68 Å². The second-order valence-electron chi connectivity index (χ2n) is 8.95. The molecule has 0 radical (unpaired) electrons. The molecule has 4 nitrogen and oxygen atoms in total. The largest absolute Gasteiger partial charge is 0.505 e. The van der Waals surface area contributed by atoms with Crippen LogP contribution < -0.4 is 0 Å². The number of halogens is 1. The van der Waals surface area contributed by atoms with Crippen molar-refractivity contribution in [2.24, 2.45) is 0 Å². The topological polar surface area (TPSA) is 50.9 Å². The van der Waals surface area contributed by atoms with Gasteiger partial charge in [-0.3, -0.25) is 0 Å². The summed E-state index contributed by atoms with van der Waals surface area (Å²) in [6.45, 7) is 15.0. The molecule has 0 fully saturated rings. The molecule has 0 aliphatic carbocycles. The molecule has 0 bridgehead atoms. The summed E-state index contributed by atoms with van der Waals surface area (Å²) in [5.74, 6) is 0.250. The van der Waals surface area contributed by atoms with Crippen molar-refractivity contribution < 1.29 is 5.11 Å². The Labute approximate surface area is 159 Å². The monoisotopic (exact) mass is 371 g/mol. The van der Waals surface area contributed by atoms with Crippen LogP contribution in [0.4, 0.5) is 0 Å². The van der Waals surface area contributed by atoms with Crippen LogP contribution in [0.5, 0.6) is 5.75 Å². The Morgan fingerprint density at radius 1 is 0.962 bits per heavy atom. The maximum atomic E-state index is 11.3. The number of nitrogens with zero attached hydrogens (tertiary/aromatic N) is 3. The molecule has 2 aromatic carbocycles. The minimum Gasteiger partial charge on any atom is -0.505 e. The van der Waals surface area contributed by atoms with Gasteiger partial charge in [0.15, 0.2) is 0 Å². The number of phenolic OH excluding ortho intramolecular Hbond substituents is 1. The van der Waals surface area contributed by atoms with Crippen molar-refractivity contribution in [3.63, 3.8) is 0 Å². The predicted octanol–water partition coefficient (Wildman–Crippen LogP) is 5.68. The summed E-state index contributed by atoms with van der Waals surface area (Å²) in [5.41, 5.74) is 5.09. The second kappa shape index (κ2) is 5.98. The molecule has 0 unspecified atom stereocenters. The standard InChI is InChI=1S/C21H26ClN3O/c1-12-10-16(25-15-11-13(22)8-9-14(15)23-24-25)19(26)18(21(5,6)7)17(12)20(2,3)4/h8-11,26H,1-7H3. The molecule has 0 atom stereocenters. The van der Waals surface area contributed by atoms with E-state index in [9.17, 15) is 5.11 Å². The third-order valence-corrected chi connectivity index (χ3v) is 4.85. The number of fused-ring (bicyclic) bond motifs is 1. The molecule has 3 rings (SSSR count). The van der Waals surface area contributed by atoms with Crippen LogP contribution >= 0.6 is 11.6 Å². The predicted molar refractivity (Wildman–Crippen MR) is 108 cm³/mol. The molecular weight excluding hydrogens is 346 g/mol. The molecule has 26 heavy (non-hydrogen) atoms. The quantitative estimate of drug-likeness (QED) is 0.598. The SMILES string of the molecule is Cc1cc(-n2nnc3ccc(Cl)cc32)c(O)c(C(C)(C)C)c1C(C)(C)C. The number of rotatable bonds is 1. The van der Waals surface area contributed by atoms with Gasteiger partial charge in [0.05, 0.1) is 5.52 Å². The number of phenols is 1. The average molecular weight is 372 g/mol. The maximum Gasteiger partial charge on any atom is 0.145 e. The van der Waals surface area contributed by atoms with E-state index >= 15 is 0 Å². The van der Waals surface area contributed by atoms with Crippen molar-refractivity contribution in [2.45, 2.75) is 59.3 Å². The van der Waals surface area contributed by atoms with Crippen molar-refractivity contribution in [3.8, 4) is 11.4 Å². The summed E-state index contributed by atoms with van der Waals surface area (Å²) in [7, 11) is 0. The maximum absolute atomic E-state index is 11.3. The van der Waals surface area contributed by atoms with E-state index in [-0.39, 0.29) is 16.6 Å². The van der Waals surface area contributed by atoms with E-state index in [1.54, 1.807) is 10.7 Å². The smallest absolute Gasteiger partial charge is 0.145 e. The molecular formula is C21H26ClN3O. The fourth-order valence-corrected chi connectivity index (χ4v) is 3.88. The van der Waals surface area contributed by atoms with Gasteiger partial charge in [-0.1, -0.05) is 58.4 Å². The zero-order valence-electron chi connectivity index (χ0n) is 16.5. The third kappa shape index (κ3) is 3.07. The average Bonchev–Trinajstić information content (AvgIpc) is 2.89. The summed E-state index contributed by atoms with van der Waals surface area (Å²) in [4.78, 5) is 0. The number of aryl methyl sites for hydroxylation is 1. The first-order valence-electron chi connectivity index (χ1n) is 8.80. The fourth-order valence-electron chi connectivity index (χ4n) is 3.72. The Balaban J connectivity index is 2.40. The zero-order valence-corrected chi connectivity index (χ0v) is 17.2. The van der Waals surface area contributed by atoms with Gasteiger partial charge < -0.3 is 5.11 Å². The molecule has 1 heterocycles. The Hall–Kier alpha value is -2.07. The normalized spacial score (nSPS) is 12.8. The lowest BCUT2D eigenvalue weighted by atomic mass is 9.72. The highest BCUT2D eigenvalue weighted by Crippen LogP contribution is 2.44. The van der Waals surface area contributed by atoms with Crippen molar-refractivity contribution in [3.05, 3.63) is 46.0 Å². The summed E-state index contributed by atoms with van der Waals surface area (Å²) >= 11 is 6.16. The lowest BCUT2D eigenvalue weighted by Gasteiger charge is -2.33. The van der Waals surface area contributed by atoms with Gasteiger partial charge in [0.25, 0.3) is 0 Å². The minimum atomic E-state index is -0.221. The van der Waals surface area contributed by atoms with E-state index in [0.717, 1.165) is 22.2 Å². The zero-order chi connectivity index (χ0) is 19.4. The lowest BCUT2D eigenvalue weighted by Crippen LogP contribution is -2.24. The van der Waals surface area contributed by atoms with E-state index in [2.05, 4.69) is 58.8 Å². The molecule has 138 valence electrons. The first-order chi connectivity index (χ1) is 11.9. The number of benzene rings is 2. The van der Waals surface area contributed by atoms with Gasteiger partial charge in [0, 0.05) is 10.6 Å². The summed E-state index contributed by atoms with van der Waals surface area (Å²) in [6.07, 6.45) is 0. The molecule has 0 aliphatic heterocycles. The first kappa shape index (κ1) is 18.7. The van der Waals surface area contributed by atoms with Crippen LogP contribution in [0.2, 0.25) is 5.02 Å². The third-order valence-electron chi connectivity index (χ3n) is 4.61. The highest BCUT2D eigenvalue weighted by molar-refractivity contribution is 6.31. The van der Waals surface area contributed by atoms with E-state index in [1.807, 2.05) is 18.2 Å².